The van der Waals surface area contributed by atoms with Crippen LogP contribution in [0.15, 0.2) is 0 Å². The monoisotopic (exact) mass is 340 g/mol. The first-order chi connectivity index (χ1) is 11.0. The topological polar surface area (TPSA) is 74.6 Å². The Labute approximate surface area is 147 Å². The van der Waals surface area contributed by atoms with Crippen molar-refractivity contribution in [3.05, 3.63) is 0 Å². The van der Waals surface area contributed by atoms with Crippen LogP contribution in [0.1, 0.15) is 92.4 Å². The highest BCUT2D eigenvalue weighted by Gasteiger charge is 2.61. The first-order valence-corrected chi connectivity index (χ1v) is 9.47. The summed E-state index contributed by atoms with van der Waals surface area (Å²) in [5.74, 6) is -1.41. The predicted molar refractivity (Wildman–Crippen MR) is 96.0 cm³/mol. The zero-order chi connectivity index (χ0) is 18.6. The summed E-state index contributed by atoms with van der Waals surface area (Å²) in [5, 5.41) is 20.1. The number of hydrogen-bond donors (Lipinski definition) is 2. The second kappa shape index (κ2) is 7.88. The van der Waals surface area contributed by atoms with Crippen molar-refractivity contribution >= 4 is 11.9 Å². The molecule has 1 aliphatic carbocycles. The molecule has 1 rings (SSSR count). The number of carboxylic acid groups (broad SMARTS) is 2. The molecule has 0 bridgehead atoms. The maximum atomic E-state index is 12.3. The number of hydrogen-bond acceptors (Lipinski definition) is 2. The highest BCUT2D eigenvalue weighted by Crippen LogP contribution is 2.57. The fraction of sp³-hybridized carbons (Fsp3) is 0.900. The van der Waals surface area contributed by atoms with E-state index in [9.17, 15) is 19.8 Å². The molecule has 0 aliphatic heterocycles. The van der Waals surface area contributed by atoms with E-state index in [0.717, 1.165) is 25.7 Å². The summed E-state index contributed by atoms with van der Waals surface area (Å²) in [4.78, 5) is 24.5. The van der Waals surface area contributed by atoms with Gasteiger partial charge in [0.2, 0.25) is 0 Å². The van der Waals surface area contributed by atoms with Crippen molar-refractivity contribution in [3.8, 4) is 0 Å². The van der Waals surface area contributed by atoms with Crippen LogP contribution in [0.4, 0.5) is 0 Å². The fourth-order valence-electron chi connectivity index (χ4n) is 4.96. The first kappa shape index (κ1) is 21.0. The molecule has 0 amide bonds. The molecule has 4 heteroatoms. The summed E-state index contributed by atoms with van der Waals surface area (Å²) in [6.45, 7) is 10.7. The van der Waals surface area contributed by atoms with Gasteiger partial charge in [0.15, 0.2) is 0 Å². The number of rotatable bonds is 8. The molecule has 1 fully saturated rings. The second-order valence-corrected chi connectivity index (χ2v) is 9.14. The van der Waals surface area contributed by atoms with E-state index >= 15 is 0 Å². The lowest BCUT2D eigenvalue weighted by Crippen LogP contribution is -2.54. The van der Waals surface area contributed by atoms with Crippen molar-refractivity contribution in [1.82, 2.24) is 0 Å². The van der Waals surface area contributed by atoms with E-state index < -0.39 is 22.8 Å². The molecular formula is C20H36O4. The van der Waals surface area contributed by atoms with Crippen LogP contribution in [0, 0.1) is 22.2 Å². The molecule has 0 aromatic carbocycles. The van der Waals surface area contributed by atoms with Crippen molar-refractivity contribution in [2.24, 2.45) is 22.2 Å². The molecule has 0 radical (unpaired) electrons. The molecule has 3 atom stereocenters. The molecule has 2 N–H and O–H groups in total. The highest BCUT2D eigenvalue weighted by atomic mass is 16.4. The number of carbonyl (C=O) groups is 2. The van der Waals surface area contributed by atoms with Crippen LogP contribution in [-0.2, 0) is 9.59 Å². The maximum absolute atomic E-state index is 12.3. The molecule has 0 aromatic heterocycles. The summed E-state index contributed by atoms with van der Waals surface area (Å²) in [7, 11) is 0. The van der Waals surface area contributed by atoms with Crippen LogP contribution in [0.5, 0.6) is 0 Å². The van der Waals surface area contributed by atoms with Gasteiger partial charge in [-0.25, -0.2) is 0 Å². The van der Waals surface area contributed by atoms with Crippen LogP contribution in [0.2, 0.25) is 0 Å². The zero-order valence-electron chi connectivity index (χ0n) is 16.2. The molecule has 3 unspecified atom stereocenters. The van der Waals surface area contributed by atoms with Gasteiger partial charge in [0, 0.05) is 0 Å². The van der Waals surface area contributed by atoms with Crippen LogP contribution < -0.4 is 0 Å². The van der Waals surface area contributed by atoms with Gasteiger partial charge in [-0.1, -0.05) is 53.9 Å². The van der Waals surface area contributed by atoms with Crippen LogP contribution in [0.3, 0.4) is 0 Å². The maximum Gasteiger partial charge on any atom is 0.310 e. The van der Waals surface area contributed by atoms with Gasteiger partial charge < -0.3 is 10.2 Å². The van der Waals surface area contributed by atoms with Crippen molar-refractivity contribution in [2.45, 2.75) is 92.4 Å². The summed E-state index contributed by atoms with van der Waals surface area (Å²) >= 11 is 0. The summed E-state index contributed by atoms with van der Waals surface area (Å²) in [6.07, 6.45) is 6.08. The minimum absolute atomic E-state index is 0.204. The molecule has 4 nitrogen and oxygen atoms in total. The molecule has 1 aliphatic rings. The predicted octanol–water partition coefficient (Wildman–Crippen LogP) is 5.36. The molecule has 0 spiro atoms. The van der Waals surface area contributed by atoms with Gasteiger partial charge in [-0.2, -0.15) is 0 Å². The van der Waals surface area contributed by atoms with E-state index in [2.05, 4.69) is 27.7 Å². The number of carboxylic acids is 2. The average molecular weight is 341 g/mol. The molecule has 140 valence electrons. The van der Waals surface area contributed by atoms with Crippen molar-refractivity contribution in [3.63, 3.8) is 0 Å². The average Bonchev–Trinajstić information content (AvgIpc) is 2.44. The lowest BCUT2D eigenvalue weighted by Gasteiger charge is -2.49. The number of aliphatic carboxylic acids is 2. The Morgan fingerprint density at radius 3 is 1.83 bits per heavy atom. The lowest BCUT2D eigenvalue weighted by molar-refractivity contribution is -0.182. The molecule has 0 saturated heterocycles. The van der Waals surface area contributed by atoms with Crippen molar-refractivity contribution in [2.75, 3.05) is 0 Å². The SMILES string of the molecule is CCCC1(C(=O)O)CCCCC1(CCC(C)CC(C)(C)C)C(=O)O. The van der Waals surface area contributed by atoms with Gasteiger partial charge in [0.25, 0.3) is 0 Å². The standard InChI is InChI=1S/C20H36O4/c1-6-10-19(16(21)22)11-7-8-12-20(19,17(23)24)13-9-15(2)14-18(3,4)5/h15H,6-14H2,1-5H3,(H,21,22)(H,23,24). The third kappa shape index (κ3) is 4.31. The van der Waals surface area contributed by atoms with Gasteiger partial charge in [-0.15, -0.1) is 0 Å². The van der Waals surface area contributed by atoms with E-state index in [4.69, 9.17) is 0 Å². The van der Waals surface area contributed by atoms with Gasteiger partial charge >= 0.3 is 11.9 Å². The van der Waals surface area contributed by atoms with Gasteiger partial charge in [-0.3, -0.25) is 9.59 Å². The lowest BCUT2D eigenvalue weighted by atomic mass is 9.52. The molecule has 1 saturated carbocycles. The Hall–Kier alpha value is -1.06. The minimum atomic E-state index is -1.11. The van der Waals surface area contributed by atoms with Crippen LogP contribution >= 0.6 is 0 Å². The highest BCUT2D eigenvalue weighted by molar-refractivity contribution is 5.87. The van der Waals surface area contributed by atoms with E-state index in [-0.39, 0.29) is 5.41 Å². The largest absolute Gasteiger partial charge is 0.481 e. The molecule has 0 aromatic rings. The first-order valence-electron chi connectivity index (χ1n) is 9.47. The molecule has 0 heterocycles. The zero-order valence-corrected chi connectivity index (χ0v) is 16.2. The third-order valence-corrected chi connectivity index (χ3v) is 5.89. The van der Waals surface area contributed by atoms with E-state index in [1.807, 2.05) is 6.92 Å². The third-order valence-electron chi connectivity index (χ3n) is 5.89. The van der Waals surface area contributed by atoms with Crippen molar-refractivity contribution < 1.29 is 19.8 Å². The second-order valence-electron chi connectivity index (χ2n) is 9.14. The van der Waals surface area contributed by atoms with Crippen molar-refractivity contribution in [1.29, 1.82) is 0 Å². The fourth-order valence-corrected chi connectivity index (χ4v) is 4.96. The Morgan fingerprint density at radius 2 is 1.46 bits per heavy atom. The van der Waals surface area contributed by atoms with Crippen LogP contribution in [0.25, 0.3) is 0 Å². The van der Waals surface area contributed by atoms with E-state index in [1.165, 1.54) is 0 Å². The van der Waals surface area contributed by atoms with E-state index in [1.54, 1.807) is 0 Å². The Balaban J connectivity index is 3.10. The molecule has 24 heavy (non-hydrogen) atoms. The van der Waals surface area contributed by atoms with Crippen LogP contribution in [-0.4, -0.2) is 22.2 Å². The van der Waals surface area contributed by atoms with Gasteiger partial charge in [0.1, 0.15) is 0 Å². The Kier molecular flexibility index (Phi) is 6.89. The normalized spacial score (nSPS) is 29.2. The quantitative estimate of drug-likeness (QED) is 0.624. The van der Waals surface area contributed by atoms with Gasteiger partial charge in [-0.05, 0) is 49.9 Å². The van der Waals surface area contributed by atoms with Gasteiger partial charge in [0.05, 0.1) is 10.8 Å². The summed E-state index contributed by atoms with van der Waals surface area (Å²) in [5.41, 5.74) is -2.01. The summed E-state index contributed by atoms with van der Waals surface area (Å²) in [6, 6.07) is 0. The minimum Gasteiger partial charge on any atom is -0.481 e. The van der Waals surface area contributed by atoms with E-state index in [0.29, 0.717) is 38.0 Å². The Morgan fingerprint density at radius 1 is 1.00 bits per heavy atom. The summed E-state index contributed by atoms with van der Waals surface area (Å²) < 4.78 is 0. The molecular weight excluding hydrogens is 304 g/mol. The Bertz CT molecular complexity index is 447. The smallest absolute Gasteiger partial charge is 0.310 e.